The summed E-state index contributed by atoms with van der Waals surface area (Å²) in [5.41, 5.74) is 0.128. The van der Waals surface area contributed by atoms with Crippen LogP contribution in [-0.2, 0) is 13.6 Å². The topological polar surface area (TPSA) is 102 Å². The predicted molar refractivity (Wildman–Crippen MR) is 91.9 cm³/mol. The van der Waals surface area contributed by atoms with Gasteiger partial charge in [-0.2, -0.15) is 0 Å². The number of imidazole rings is 1. The molecule has 3 rings (SSSR count). The molecule has 0 atom stereocenters. The molecule has 0 radical (unpaired) electrons. The number of fused-ring (bicyclic) bond motifs is 1. The molecule has 0 aliphatic rings. The van der Waals surface area contributed by atoms with Crippen molar-refractivity contribution in [3.63, 3.8) is 0 Å². The number of hydrogen-bond donors (Lipinski definition) is 2. The molecule has 8 heteroatoms. The van der Waals surface area contributed by atoms with Crippen LogP contribution >= 0.6 is 0 Å². The van der Waals surface area contributed by atoms with Crippen molar-refractivity contribution >= 4 is 11.2 Å². The smallest absolute Gasteiger partial charge is 0.330 e. The van der Waals surface area contributed by atoms with Gasteiger partial charge in [0.1, 0.15) is 0 Å². The van der Waals surface area contributed by atoms with E-state index < -0.39 is 11.2 Å². The van der Waals surface area contributed by atoms with Gasteiger partial charge in [-0.3, -0.25) is 14.3 Å². The number of aromatic hydroxyl groups is 1. The third-order valence-corrected chi connectivity index (χ3v) is 3.83. The highest BCUT2D eigenvalue weighted by Crippen LogP contribution is 2.25. The van der Waals surface area contributed by atoms with E-state index in [4.69, 9.17) is 4.74 Å². The van der Waals surface area contributed by atoms with Crippen molar-refractivity contribution in [1.29, 1.82) is 0 Å². The van der Waals surface area contributed by atoms with Gasteiger partial charge in [-0.05, 0) is 31.0 Å². The summed E-state index contributed by atoms with van der Waals surface area (Å²) in [4.78, 5) is 30.5. The summed E-state index contributed by atoms with van der Waals surface area (Å²) in [5, 5.41) is 9.80. The van der Waals surface area contributed by atoms with E-state index in [1.54, 1.807) is 26.1 Å². The van der Waals surface area contributed by atoms with Gasteiger partial charge >= 0.3 is 5.69 Å². The van der Waals surface area contributed by atoms with Crippen LogP contribution in [0.15, 0.2) is 27.8 Å². The van der Waals surface area contributed by atoms with Gasteiger partial charge in [0.05, 0.1) is 7.11 Å². The first kappa shape index (κ1) is 16.4. The molecule has 0 aliphatic carbocycles. The second kappa shape index (κ2) is 6.20. The lowest BCUT2D eigenvalue weighted by Crippen LogP contribution is -2.30. The Hall–Kier alpha value is -3.47. The Kier molecular flexibility index (Phi) is 4.07. The number of nitrogens with one attached hydrogen (secondary N) is 1. The average molecular weight is 340 g/mol. The number of H-pyrrole nitrogens is 1. The number of aryl methyl sites for hydroxylation is 2. The summed E-state index contributed by atoms with van der Waals surface area (Å²) < 4.78 is 7.90. The van der Waals surface area contributed by atoms with Crippen molar-refractivity contribution < 1.29 is 9.84 Å². The lowest BCUT2D eigenvalue weighted by atomic mass is 10.2. The highest BCUT2D eigenvalue weighted by Gasteiger charge is 2.14. The van der Waals surface area contributed by atoms with E-state index in [0.717, 1.165) is 0 Å². The lowest BCUT2D eigenvalue weighted by molar-refractivity contribution is 0.373. The van der Waals surface area contributed by atoms with Crippen LogP contribution in [0.1, 0.15) is 18.3 Å². The Labute approximate surface area is 142 Å². The van der Waals surface area contributed by atoms with E-state index in [2.05, 4.69) is 21.8 Å². The third kappa shape index (κ3) is 2.76. The van der Waals surface area contributed by atoms with E-state index in [1.807, 2.05) is 0 Å². The van der Waals surface area contributed by atoms with Crippen molar-refractivity contribution in [2.75, 3.05) is 7.11 Å². The van der Waals surface area contributed by atoms with Gasteiger partial charge in [-0.15, -0.1) is 0 Å². The van der Waals surface area contributed by atoms with Crippen LogP contribution in [-0.4, -0.2) is 31.3 Å². The number of nitrogens with zero attached hydrogens (tertiary/aromatic N) is 3. The Balaban J connectivity index is 2.14. The van der Waals surface area contributed by atoms with Gasteiger partial charge in [0.2, 0.25) is 0 Å². The minimum atomic E-state index is -0.505. The molecule has 3 aromatic rings. The van der Waals surface area contributed by atoms with Crippen molar-refractivity contribution in [2.24, 2.45) is 7.05 Å². The number of methoxy groups -OCH3 is 1. The number of aromatic nitrogens is 4. The third-order valence-electron chi connectivity index (χ3n) is 3.83. The summed E-state index contributed by atoms with van der Waals surface area (Å²) in [6, 6.07) is 4.78. The van der Waals surface area contributed by atoms with E-state index in [1.165, 1.54) is 22.3 Å². The van der Waals surface area contributed by atoms with Crippen LogP contribution in [0.2, 0.25) is 0 Å². The number of hydrogen-bond acceptors (Lipinski definition) is 5. The molecule has 0 saturated heterocycles. The lowest BCUT2D eigenvalue weighted by Gasteiger charge is -2.02. The van der Waals surface area contributed by atoms with Crippen LogP contribution in [0.5, 0.6) is 11.5 Å². The monoisotopic (exact) mass is 340 g/mol. The van der Waals surface area contributed by atoms with Crippen LogP contribution in [0.25, 0.3) is 11.2 Å². The predicted octanol–water partition coefficient (Wildman–Crippen LogP) is 0.557. The molecule has 0 saturated carbocycles. The molecule has 1 aromatic carbocycles. The molecule has 2 N–H and O–H groups in total. The molecule has 0 aliphatic heterocycles. The number of benzene rings is 1. The Bertz CT molecular complexity index is 1140. The Morgan fingerprint density at radius 1 is 1.32 bits per heavy atom. The van der Waals surface area contributed by atoms with Gasteiger partial charge in [0, 0.05) is 19.2 Å². The molecular weight excluding hydrogens is 324 g/mol. The number of aromatic amines is 1. The molecular formula is C17H16N4O4. The van der Waals surface area contributed by atoms with E-state index in [0.29, 0.717) is 29.3 Å². The highest BCUT2D eigenvalue weighted by atomic mass is 16.5. The van der Waals surface area contributed by atoms with Gasteiger partial charge in [-0.1, -0.05) is 5.92 Å². The van der Waals surface area contributed by atoms with Crippen LogP contribution < -0.4 is 16.0 Å². The van der Waals surface area contributed by atoms with Crippen LogP contribution in [0, 0.1) is 11.8 Å². The van der Waals surface area contributed by atoms with Gasteiger partial charge in [0.25, 0.3) is 5.56 Å². The zero-order chi connectivity index (χ0) is 18.1. The minimum absolute atomic E-state index is 0.0180. The van der Waals surface area contributed by atoms with Crippen LogP contribution in [0.4, 0.5) is 0 Å². The minimum Gasteiger partial charge on any atom is -0.504 e. The largest absolute Gasteiger partial charge is 0.504 e. The summed E-state index contributed by atoms with van der Waals surface area (Å²) in [6.07, 6.45) is 0. The number of rotatable bonds is 2. The second-order valence-corrected chi connectivity index (χ2v) is 5.31. The molecule has 0 bridgehead atoms. The van der Waals surface area contributed by atoms with Crippen molar-refractivity contribution in [3.05, 3.63) is 50.4 Å². The maximum absolute atomic E-state index is 12.1. The molecule has 0 unspecified atom stereocenters. The van der Waals surface area contributed by atoms with Gasteiger partial charge in [-0.25, -0.2) is 9.78 Å². The molecule has 2 heterocycles. The fraction of sp³-hybridized carbons (Fsp3) is 0.235. The van der Waals surface area contributed by atoms with Crippen molar-refractivity contribution in [3.8, 4) is 23.3 Å². The van der Waals surface area contributed by atoms with Gasteiger partial charge in [0.15, 0.2) is 28.5 Å². The fourth-order valence-corrected chi connectivity index (χ4v) is 2.55. The van der Waals surface area contributed by atoms with Crippen molar-refractivity contribution in [1.82, 2.24) is 19.1 Å². The van der Waals surface area contributed by atoms with Gasteiger partial charge < -0.3 is 14.4 Å². The molecule has 0 amide bonds. The number of ether oxygens (including phenoxy) is 1. The average Bonchev–Trinajstić information content (AvgIpc) is 2.90. The first-order valence-corrected chi connectivity index (χ1v) is 7.54. The fourth-order valence-electron chi connectivity index (χ4n) is 2.55. The van der Waals surface area contributed by atoms with Crippen molar-refractivity contribution in [2.45, 2.75) is 13.5 Å². The first-order valence-electron chi connectivity index (χ1n) is 7.54. The zero-order valence-electron chi connectivity index (χ0n) is 14.0. The maximum Gasteiger partial charge on any atom is 0.330 e. The highest BCUT2D eigenvalue weighted by molar-refractivity contribution is 5.72. The molecule has 0 spiro atoms. The van der Waals surface area contributed by atoms with E-state index in [-0.39, 0.29) is 11.3 Å². The van der Waals surface area contributed by atoms with E-state index in [9.17, 15) is 14.7 Å². The molecule has 0 fully saturated rings. The molecule has 8 nitrogen and oxygen atoms in total. The molecule has 128 valence electrons. The normalized spacial score (nSPS) is 10.5. The zero-order valence-corrected chi connectivity index (χ0v) is 14.0. The summed E-state index contributed by atoms with van der Waals surface area (Å²) >= 11 is 0. The van der Waals surface area contributed by atoms with Crippen LogP contribution in [0.3, 0.4) is 0 Å². The standard InChI is InChI=1S/C17H16N4O4/c1-4-21-15-14(16(23)19-17(21)24)20(2)13(18-15)8-6-10-5-7-12(25-3)11(22)9-10/h5,7,9,22H,4H2,1-3H3,(H,19,23,24). The Morgan fingerprint density at radius 3 is 2.72 bits per heavy atom. The maximum atomic E-state index is 12.1. The number of phenols is 1. The molecule has 2 aromatic heterocycles. The second-order valence-electron chi connectivity index (χ2n) is 5.31. The summed E-state index contributed by atoms with van der Waals surface area (Å²) in [5.74, 6) is 6.41. The summed E-state index contributed by atoms with van der Waals surface area (Å²) in [7, 11) is 3.12. The SMILES string of the molecule is CCn1c(=O)[nH]c(=O)c2c1nc(C#Cc1ccc(OC)c(O)c1)n2C. The van der Waals surface area contributed by atoms with E-state index >= 15 is 0 Å². The number of phenolic OH excluding ortho intramolecular Hbond substituents is 1. The Morgan fingerprint density at radius 2 is 2.08 bits per heavy atom. The summed E-state index contributed by atoms with van der Waals surface area (Å²) in [6.45, 7) is 2.17. The quantitative estimate of drug-likeness (QED) is 0.664. The first-order chi connectivity index (χ1) is 12.0. The molecule has 25 heavy (non-hydrogen) atoms.